The van der Waals surface area contributed by atoms with Gasteiger partial charge in [-0.25, -0.2) is 14.4 Å². The highest BCUT2D eigenvalue weighted by Crippen LogP contribution is 2.17. The van der Waals surface area contributed by atoms with Crippen molar-refractivity contribution in [3.63, 3.8) is 0 Å². The van der Waals surface area contributed by atoms with E-state index in [2.05, 4.69) is 31.2 Å². The van der Waals surface area contributed by atoms with Gasteiger partial charge in [-0.2, -0.15) is 0 Å². The van der Waals surface area contributed by atoms with Crippen LogP contribution in [0.5, 0.6) is 0 Å². The standard InChI is InChI=1S/C9H7BrN4O4/c10-6-3-7(16-5-6)4-13-8(11-18-9(13)15)14-1-2-17-12-14/h1-3,5,12H,4H2. The van der Waals surface area contributed by atoms with Crippen molar-refractivity contribution in [2.45, 2.75) is 6.54 Å². The second kappa shape index (κ2) is 4.35. The van der Waals surface area contributed by atoms with Crippen LogP contribution in [0.15, 0.2) is 43.0 Å². The second-order valence-corrected chi connectivity index (χ2v) is 4.35. The highest BCUT2D eigenvalue weighted by atomic mass is 79.9. The normalized spacial score (nSPS) is 14.2. The minimum Gasteiger partial charge on any atom is -0.466 e. The third-order valence-electron chi connectivity index (χ3n) is 2.25. The van der Waals surface area contributed by atoms with E-state index in [4.69, 9.17) is 9.25 Å². The zero-order valence-electron chi connectivity index (χ0n) is 8.87. The second-order valence-electron chi connectivity index (χ2n) is 3.43. The van der Waals surface area contributed by atoms with Crippen LogP contribution in [0.25, 0.3) is 0 Å². The van der Waals surface area contributed by atoms with Crippen molar-refractivity contribution in [1.82, 2.24) is 15.3 Å². The fraction of sp³-hybridized carbons (Fsp3) is 0.111. The fourth-order valence-corrected chi connectivity index (χ4v) is 1.83. The Balaban J connectivity index is 1.93. The molecular formula is C9H7BrN4O4. The predicted octanol–water partition coefficient (Wildman–Crippen LogP) is 0.967. The van der Waals surface area contributed by atoms with Crippen LogP contribution in [0.3, 0.4) is 0 Å². The Morgan fingerprint density at radius 1 is 1.50 bits per heavy atom. The Morgan fingerprint density at radius 3 is 3.06 bits per heavy atom. The van der Waals surface area contributed by atoms with Gasteiger partial charge in [0.2, 0.25) is 0 Å². The molecule has 3 heterocycles. The molecule has 0 aromatic carbocycles. The molecule has 2 aromatic heterocycles. The summed E-state index contributed by atoms with van der Waals surface area (Å²) in [6, 6.07) is 1.76. The van der Waals surface area contributed by atoms with E-state index in [-0.39, 0.29) is 12.5 Å². The maximum absolute atomic E-state index is 11.6. The largest absolute Gasteiger partial charge is 0.466 e. The van der Waals surface area contributed by atoms with Crippen molar-refractivity contribution < 1.29 is 13.8 Å². The lowest BCUT2D eigenvalue weighted by Crippen LogP contribution is -2.31. The highest BCUT2D eigenvalue weighted by molar-refractivity contribution is 9.10. The van der Waals surface area contributed by atoms with Crippen LogP contribution in [0.2, 0.25) is 0 Å². The molecule has 0 unspecified atom stereocenters. The summed E-state index contributed by atoms with van der Waals surface area (Å²) in [4.78, 5) is 16.4. The van der Waals surface area contributed by atoms with E-state index < -0.39 is 5.76 Å². The Hall–Kier alpha value is -2.00. The Morgan fingerprint density at radius 2 is 2.39 bits per heavy atom. The van der Waals surface area contributed by atoms with Gasteiger partial charge in [-0.3, -0.25) is 4.52 Å². The average molecular weight is 315 g/mol. The Kier molecular flexibility index (Phi) is 2.68. The van der Waals surface area contributed by atoms with Gasteiger partial charge in [-0.1, -0.05) is 5.59 Å². The first-order valence-corrected chi connectivity index (χ1v) is 5.70. The molecular weight excluding hydrogens is 308 g/mol. The molecule has 94 valence electrons. The van der Waals surface area contributed by atoms with Gasteiger partial charge >= 0.3 is 5.76 Å². The molecule has 18 heavy (non-hydrogen) atoms. The topological polar surface area (TPSA) is 85.7 Å². The molecule has 1 aliphatic rings. The molecule has 3 rings (SSSR count). The van der Waals surface area contributed by atoms with Crippen molar-refractivity contribution in [1.29, 1.82) is 0 Å². The number of hydrogen-bond donors (Lipinski definition) is 1. The summed E-state index contributed by atoms with van der Waals surface area (Å²) in [6.07, 6.45) is 4.50. The number of anilines is 1. The first-order valence-electron chi connectivity index (χ1n) is 4.90. The Bertz CT molecular complexity index is 643. The maximum Gasteiger partial charge on any atom is 0.443 e. The third-order valence-corrected chi connectivity index (χ3v) is 2.66. The molecule has 0 radical (unpaired) electrons. The summed E-state index contributed by atoms with van der Waals surface area (Å²) in [5.41, 5.74) is 2.52. The number of nitrogens with zero attached hydrogens (tertiary/aromatic N) is 3. The number of furan rings is 1. The third kappa shape index (κ3) is 1.93. The van der Waals surface area contributed by atoms with E-state index in [0.29, 0.717) is 5.76 Å². The molecule has 0 atom stereocenters. The van der Waals surface area contributed by atoms with Gasteiger partial charge in [0, 0.05) is 0 Å². The van der Waals surface area contributed by atoms with Gasteiger partial charge in [-0.15, -0.1) is 0 Å². The molecule has 0 spiro atoms. The summed E-state index contributed by atoms with van der Waals surface area (Å²) in [7, 11) is 0. The van der Waals surface area contributed by atoms with Crippen LogP contribution in [0, 0.1) is 0 Å². The number of rotatable bonds is 3. The maximum atomic E-state index is 11.6. The van der Waals surface area contributed by atoms with Crippen LogP contribution in [-0.4, -0.2) is 9.72 Å². The van der Waals surface area contributed by atoms with Gasteiger partial charge in [0.15, 0.2) is 0 Å². The van der Waals surface area contributed by atoms with Crippen molar-refractivity contribution in [2.75, 3.05) is 5.01 Å². The monoisotopic (exact) mass is 314 g/mol. The first kappa shape index (κ1) is 11.1. The lowest BCUT2D eigenvalue weighted by Gasteiger charge is -2.11. The van der Waals surface area contributed by atoms with Gasteiger partial charge in [0.25, 0.3) is 5.95 Å². The van der Waals surface area contributed by atoms with Crippen molar-refractivity contribution in [2.24, 2.45) is 0 Å². The van der Waals surface area contributed by atoms with E-state index in [1.54, 1.807) is 12.3 Å². The SMILES string of the molecule is O=c1onc(N2C=CON2)n1Cc1cc(Br)co1. The summed E-state index contributed by atoms with van der Waals surface area (Å²) < 4.78 is 12.0. The predicted molar refractivity (Wildman–Crippen MR) is 62.1 cm³/mol. The van der Waals surface area contributed by atoms with Crippen molar-refractivity contribution in [3.8, 4) is 0 Å². The number of halogens is 1. The number of nitrogens with one attached hydrogen (secondary N) is 1. The van der Waals surface area contributed by atoms with E-state index >= 15 is 0 Å². The van der Waals surface area contributed by atoms with Gasteiger partial charge < -0.3 is 9.25 Å². The molecule has 0 aliphatic carbocycles. The molecule has 0 saturated carbocycles. The van der Waals surface area contributed by atoms with Crippen LogP contribution >= 0.6 is 15.9 Å². The van der Waals surface area contributed by atoms with E-state index in [1.165, 1.54) is 22.1 Å². The zero-order chi connectivity index (χ0) is 12.5. The zero-order valence-corrected chi connectivity index (χ0v) is 10.5. The van der Waals surface area contributed by atoms with Gasteiger partial charge in [-0.05, 0) is 27.2 Å². The van der Waals surface area contributed by atoms with E-state index in [1.807, 2.05) is 0 Å². The van der Waals surface area contributed by atoms with Crippen LogP contribution in [0.4, 0.5) is 5.95 Å². The highest BCUT2D eigenvalue weighted by Gasteiger charge is 2.20. The lowest BCUT2D eigenvalue weighted by molar-refractivity contribution is 0.156. The summed E-state index contributed by atoms with van der Waals surface area (Å²) in [5.74, 6) is 0.276. The first-order chi connectivity index (χ1) is 8.74. The summed E-state index contributed by atoms with van der Waals surface area (Å²) in [6.45, 7) is 0.204. The van der Waals surface area contributed by atoms with Crippen LogP contribution in [0.1, 0.15) is 5.76 Å². The quantitative estimate of drug-likeness (QED) is 0.903. The smallest absolute Gasteiger partial charge is 0.443 e. The van der Waals surface area contributed by atoms with Crippen LogP contribution in [-0.2, 0) is 11.4 Å². The lowest BCUT2D eigenvalue weighted by atomic mass is 10.4. The van der Waals surface area contributed by atoms with E-state index in [9.17, 15) is 4.79 Å². The minimum atomic E-state index is -0.584. The molecule has 2 aromatic rings. The van der Waals surface area contributed by atoms with Gasteiger partial charge in [0.1, 0.15) is 18.3 Å². The molecule has 1 aliphatic heterocycles. The number of hydrogen-bond acceptors (Lipinski definition) is 7. The van der Waals surface area contributed by atoms with Gasteiger partial charge in [0.05, 0.1) is 17.2 Å². The minimum absolute atomic E-state index is 0.204. The van der Waals surface area contributed by atoms with E-state index in [0.717, 1.165) is 4.47 Å². The molecule has 0 fully saturated rings. The summed E-state index contributed by atoms with van der Waals surface area (Å²) in [5, 5.41) is 5.06. The molecule has 0 amide bonds. The molecule has 0 bridgehead atoms. The van der Waals surface area contributed by atoms with Crippen LogP contribution < -0.4 is 16.4 Å². The Labute approximate surface area is 108 Å². The molecule has 1 N–H and O–H groups in total. The fourth-order valence-electron chi connectivity index (χ4n) is 1.48. The number of aromatic nitrogens is 2. The molecule has 0 saturated heterocycles. The van der Waals surface area contributed by atoms with Crippen molar-refractivity contribution in [3.05, 3.63) is 45.6 Å². The number of hydrazine groups is 1. The average Bonchev–Trinajstić information content (AvgIpc) is 3.03. The molecule has 8 nitrogen and oxygen atoms in total. The summed E-state index contributed by atoms with van der Waals surface area (Å²) >= 11 is 3.27. The van der Waals surface area contributed by atoms with Crippen molar-refractivity contribution >= 4 is 21.9 Å². The molecule has 9 heteroatoms.